The Bertz CT molecular complexity index is 142. The normalized spacial score (nSPS) is 14.4. The van der Waals surface area contributed by atoms with Crippen LogP contribution in [0.2, 0.25) is 0 Å². The van der Waals surface area contributed by atoms with Crippen molar-refractivity contribution in [3.8, 4) is 0 Å². The largest absolute Gasteiger partial charge is 0.103 e. The van der Waals surface area contributed by atoms with Crippen LogP contribution in [0.25, 0.3) is 0 Å². The van der Waals surface area contributed by atoms with Gasteiger partial charge >= 0.3 is 0 Å². The first-order valence-electron chi connectivity index (χ1n) is 4.99. The van der Waals surface area contributed by atoms with Gasteiger partial charge in [-0.05, 0) is 32.1 Å². The molecule has 70 valence electrons. The summed E-state index contributed by atoms with van der Waals surface area (Å²) in [5.41, 5.74) is 1.60. The standard InChI is InChI=1S/C12H22/c1-5-8-11(4)10-12(7-3)9-6-2/h5,7,11H,1,6,8-10H2,2-4H3. The lowest BCUT2D eigenvalue weighted by atomic mass is 9.95. The molecule has 0 spiro atoms. The van der Waals surface area contributed by atoms with Crippen molar-refractivity contribution in [2.24, 2.45) is 5.92 Å². The molecule has 12 heavy (non-hydrogen) atoms. The molecule has 0 fully saturated rings. The maximum Gasteiger partial charge on any atom is -0.0292 e. The van der Waals surface area contributed by atoms with Gasteiger partial charge in [-0.3, -0.25) is 0 Å². The zero-order valence-corrected chi connectivity index (χ0v) is 8.77. The lowest BCUT2D eigenvalue weighted by Crippen LogP contribution is -1.95. The first-order chi connectivity index (χ1) is 5.74. The SMILES string of the molecule is C=CCC(C)CC(=CC)CCC. The second-order valence-electron chi connectivity index (χ2n) is 3.53. The van der Waals surface area contributed by atoms with Gasteiger partial charge in [0.05, 0.1) is 0 Å². The fraction of sp³-hybridized carbons (Fsp3) is 0.667. The molecule has 1 atom stereocenters. The molecule has 0 aliphatic rings. The second-order valence-corrected chi connectivity index (χ2v) is 3.53. The van der Waals surface area contributed by atoms with Gasteiger partial charge in [0.1, 0.15) is 0 Å². The van der Waals surface area contributed by atoms with Gasteiger partial charge in [0.25, 0.3) is 0 Å². The Hall–Kier alpha value is -0.520. The van der Waals surface area contributed by atoms with Crippen molar-refractivity contribution in [2.75, 3.05) is 0 Å². The Labute approximate surface area is 77.4 Å². The summed E-state index contributed by atoms with van der Waals surface area (Å²) in [6.07, 6.45) is 9.20. The highest BCUT2D eigenvalue weighted by molar-refractivity contribution is 5.01. The van der Waals surface area contributed by atoms with E-state index in [0.717, 1.165) is 12.3 Å². The van der Waals surface area contributed by atoms with Crippen LogP contribution < -0.4 is 0 Å². The van der Waals surface area contributed by atoms with Gasteiger partial charge in [0.15, 0.2) is 0 Å². The van der Waals surface area contributed by atoms with Crippen LogP contribution in [-0.4, -0.2) is 0 Å². The summed E-state index contributed by atoms with van der Waals surface area (Å²) in [5, 5.41) is 0. The Morgan fingerprint density at radius 2 is 2.17 bits per heavy atom. The van der Waals surface area contributed by atoms with Crippen molar-refractivity contribution >= 4 is 0 Å². The van der Waals surface area contributed by atoms with Gasteiger partial charge in [-0.1, -0.05) is 38.0 Å². The maximum absolute atomic E-state index is 3.76. The van der Waals surface area contributed by atoms with E-state index >= 15 is 0 Å². The van der Waals surface area contributed by atoms with E-state index in [1.54, 1.807) is 5.57 Å². The first-order valence-corrected chi connectivity index (χ1v) is 4.99. The number of hydrogen-bond acceptors (Lipinski definition) is 0. The van der Waals surface area contributed by atoms with Crippen LogP contribution in [0.1, 0.15) is 46.5 Å². The van der Waals surface area contributed by atoms with Gasteiger partial charge in [-0.25, -0.2) is 0 Å². The van der Waals surface area contributed by atoms with Crippen LogP contribution in [0.4, 0.5) is 0 Å². The van der Waals surface area contributed by atoms with Crippen molar-refractivity contribution in [3.63, 3.8) is 0 Å². The van der Waals surface area contributed by atoms with E-state index in [2.05, 4.69) is 33.4 Å². The minimum Gasteiger partial charge on any atom is -0.103 e. The zero-order chi connectivity index (χ0) is 9.40. The summed E-state index contributed by atoms with van der Waals surface area (Å²) in [4.78, 5) is 0. The third-order valence-corrected chi connectivity index (χ3v) is 2.16. The smallest absolute Gasteiger partial charge is 0.0292 e. The predicted octanol–water partition coefficient (Wildman–Crippen LogP) is 4.34. The quantitative estimate of drug-likeness (QED) is 0.515. The monoisotopic (exact) mass is 166 g/mol. The van der Waals surface area contributed by atoms with Crippen molar-refractivity contribution in [1.29, 1.82) is 0 Å². The molecule has 0 aromatic heterocycles. The summed E-state index contributed by atoms with van der Waals surface area (Å²) in [6, 6.07) is 0. The molecule has 0 bridgehead atoms. The molecule has 0 heterocycles. The zero-order valence-electron chi connectivity index (χ0n) is 8.77. The predicted molar refractivity (Wildman–Crippen MR) is 57.3 cm³/mol. The molecule has 0 heteroatoms. The van der Waals surface area contributed by atoms with E-state index in [1.165, 1.54) is 19.3 Å². The van der Waals surface area contributed by atoms with Gasteiger partial charge < -0.3 is 0 Å². The molecular formula is C12H22. The van der Waals surface area contributed by atoms with E-state index in [9.17, 15) is 0 Å². The molecule has 0 saturated carbocycles. The van der Waals surface area contributed by atoms with E-state index in [4.69, 9.17) is 0 Å². The molecule has 0 aromatic rings. The van der Waals surface area contributed by atoms with Crippen LogP contribution in [0, 0.1) is 5.92 Å². The van der Waals surface area contributed by atoms with Crippen molar-refractivity contribution in [2.45, 2.75) is 46.5 Å². The minimum absolute atomic E-state index is 0.764. The van der Waals surface area contributed by atoms with Crippen LogP contribution >= 0.6 is 0 Å². The highest BCUT2D eigenvalue weighted by atomic mass is 14.1. The number of rotatable bonds is 6. The maximum atomic E-state index is 3.76. The van der Waals surface area contributed by atoms with Crippen LogP contribution in [0.3, 0.4) is 0 Å². The molecule has 0 N–H and O–H groups in total. The molecule has 0 aromatic carbocycles. The Morgan fingerprint density at radius 3 is 2.58 bits per heavy atom. The van der Waals surface area contributed by atoms with E-state index in [-0.39, 0.29) is 0 Å². The minimum atomic E-state index is 0.764. The Morgan fingerprint density at radius 1 is 1.50 bits per heavy atom. The lowest BCUT2D eigenvalue weighted by Gasteiger charge is -2.11. The highest BCUT2D eigenvalue weighted by Crippen LogP contribution is 2.18. The molecular weight excluding hydrogens is 144 g/mol. The summed E-state index contributed by atoms with van der Waals surface area (Å²) in [7, 11) is 0. The van der Waals surface area contributed by atoms with Crippen molar-refractivity contribution < 1.29 is 0 Å². The summed E-state index contributed by atoms with van der Waals surface area (Å²) < 4.78 is 0. The molecule has 0 radical (unpaired) electrons. The van der Waals surface area contributed by atoms with Crippen molar-refractivity contribution in [3.05, 3.63) is 24.3 Å². The topological polar surface area (TPSA) is 0 Å². The van der Waals surface area contributed by atoms with Crippen molar-refractivity contribution in [1.82, 2.24) is 0 Å². The fourth-order valence-corrected chi connectivity index (χ4v) is 1.50. The van der Waals surface area contributed by atoms with Gasteiger partial charge in [0.2, 0.25) is 0 Å². The summed E-state index contributed by atoms with van der Waals surface area (Å²) >= 11 is 0. The lowest BCUT2D eigenvalue weighted by molar-refractivity contribution is 0.572. The first kappa shape index (κ1) is 11.5. The van der Waals surface area contributed by atoms with Gasteiger partial charge in [-0.2, -0.15) is 0 Å². The molecule has 0 rings (SSSR count). The van der Waals surface area contributed by atoms with E-state index in [1.807, 2.05) is 6.08 Å². The third-order valence-electron chi connectivity index (χ3n) is 2.16. The molecule has 0 amide bonds. The molecule has 0 nitrogen and oxygen atoms in total. The molecule has 1 unspecified atom stereocenters. The fourth-order valence-electron chi connectivity index (χ4n) is 1.50. The average Bonchev–Trinajstić information content (AvgIpc) is 2.04. The third kappa shape index (κ3) is 5.17. The Balaban J connectivity index is 3.77. The highest BCUT2D eigenvalue weighted by Gasteiger charge is 2.02. The summed E-state index contributed by atoms with van der Waals surface area (Å²) in [5.74, 6) is 0.764. The van der Waals surface area contributed by atoms with E-state index in [0.29, 0.717) is 0 Å². The number of allylic oxidation sites excluding steroid dienone is 3. The van der Waals surface area contributed by atoms with Crippen LogP contribution in [0.5, 0.6) is 0 Å². The average molecular weight is 166 g/mol. The van der Waals surface area contributed by atoms with Gasteiger partial charge in [0, 0.05) is 0 Å². The number of hydrogen-bond donors (Lipinski definition) is 0. The second kappa shape index (κ2) is 7.15. The molecule has 0 saturated heterocycles. The Kier molecular flexibility index (Phi) is 6.84. The van der Waals surface area contributed by atoms with E-state index < -0.39 is 0 Å². The molecule has 0 aliphatic heterocycles. The molecule has 0 aliphatic carbocycles. The summed E-state index contributed by atoms with van der Waals surface area (Å²) in [6.45, 7) is 10.4. The van der Waals surface area contributed by atoms with Crippen LogP contribution in [-0.2, 0) is 0 Å². The van der Waals surface area contributed by atoms with Gasteiger partial charge in [-0.15, -0.1) is 6.58 Å². The van der Waals surface area contributed by atoms with Crippen LogP contribution in [0.15, 0.2) is 24.3 Å².